The molecule has 1 aliphatic heterocycles. The molecule has 144 valence electrons. The second-order valence-electron chi connectivity index (χ2n) is 10.7. The van der Waals surface area contributed by atoms with E-state index < -0.39 is 0 Å². The van der Waals surface area contributed by atoms with Crippen LogP contribution in [0.3, 0.4) is 0 Å². The number of nitrogens with two attached hydrogens (primary N) is 1. The van der Waals surface area contributed by atoms with Crippen LogP contribution in [0.5, 0.6) is 0 Å². The van der Waals surface area contributed by atoms with E-state index in [9.17, 15) is 4.79 Å². The summed E-state index contributed by atoms with van der Waals surface area (Å²) in [6.07, 6.45) is 10.4. The minimum Gasteiger partial charge on any atom is -0.398 e. The Labute approximate surface area is 162 Å². The predicted molar refractivity (Wildman–Crippen MR) is 110 cm³/mol. The summed E-state index contributed by atoms with van der Waals surface area (Å²) in [5, 5.41) is 3.64. The van der Waals surface area contributed by atoms with Gasteiger partial charge in [0, 0.05) is 34.0 Å². The number of ketones is 1. The molecule has 27 heavy (non-hydrogen) atoms. The molecule has 1 aromatic carbocycles. The van der Waals surface area contributed by atoms with Crippen molar-refractivity contribution < 1.29 is 4.79 Å². The van der Waals surface area contributed by atoms with E-state index in [0.29, 0.717) is 5.78 Å². The Morgan fingerprint density at radius 1 is 1.11 bits per heavy atom. The van der Waals surface area contributed by atoms with Crippen molar-refractivity contribution in [2.75, 3.05) is 5.73 Å². The normalized spacial score (nSPS) is 37.1. The summed E-state index contributed by atoms with van der Waals surface area (Å²) >= 11 is 0. The van der Waals surface area contributed by atoms with E-state index in [1.165, 1.54) is 24.8 Å². The monoisotopic (exact) mass is 364 g/mol. The highest BCUT2D eigenvalue weighted by molar-refractivity contribution is 6.01. The third-order valence-corrected chi connectivity index (χ3v) is 7.72. The van der Waals surface area contributed by atoms with E-state index in [1.54, 1.807) is 0 Å². The van der Waals surface area contributed by atoms with Crippen LogP contribution in [0, 0.1) is 30.1 Å². The second-order valence-corrected chi connectivity index (χ2v) is 10.7. The van der Waals surface area contributed by atoms with Gasteiger partial charge in [-0.1, -0.05) is 6.07 Å². The Balaban J connectivity index is 1.53. The van der Waals surface area contributed by atoms with Gasteiger partial charge in [0.25, 0.3) is 0 Å². The fourth-order valence-corrected chi connectivity index (χ4v) is 6.94. The number of nitrogen functional groups attached to an aromatic ring is 1. The molecule has 0 amide bonds. The first-order valence-corrected chi connectivity index (χ1v) is 10.7. The number of allylic oxidation sites excluding steroid dienone is 1. The van der Waals surface area contributed by atoms with Crippen LogP contribution >= 0.6 is 0 Å². The summed E-state index contributed by atoms with van der Waals surface area (Å²) in [5.41, 5.74) is 11.4. The molecule has 3 heteroatoms. The van der Waals surface area contributed by atoms with Gasteiger partial charge in [-0.15, -0.1) is 0 Å². The molecule has 4 saturated carbocycles. The van der Waals surface area contributed by atoms with Crippen molar-refractivity contribution in [3.8, 4) is 0 Å². The molecule has 1 aromatic rings. The molecule has 1 heterocycles. The number of rotatable bonds is 2. The van der Waals surface area contributed by atoms with Crippen LogP contribution in [-0.2, 0) is 11.2 Å². The molecule has 5 aliphatic rings. The van der Waals surface area contributed by atoms with E-state index >= 15 is 0 Å². The number of fused-ring (bicyclic) bond motifs is 1. The largest absolute Gasteiger partial charge is 0.398 e. The summed E-state index contributed by atoms with van der Waals surface area (Å²) in [6.45, 7) is 6.49. The van der Waals surface area contributed by atoms with Crippen LogP contribution in [0.25, 0.3) is 5.70 Å². The van der Waals surface area contributed by atoms with Gasteiger partial charge < -0.3 is 11.1 Å². The molecule has 0 spiro atoms. The topological polar surface area (TPSA) is 55.1 Å². The zero-order chi connectivity index (χ0) is 19.0. The Morgan fingerprint density at radius 2 is 1.70 bits per heavy atom. The van der Waals surface area contributed by atoms with Crippen LogP contribution in [0.1, 0.15) is 69.1 Å². The van der Waals surface area contributed by atoms with Gasteiger partial charge >= 0.3 is 0 Å². The Hall–Kier alpha value is -1.77. The highest BCUT2D eigenvalue weighted by Gasteiger charge is 2.54. The van der Waals surface area contributed by atoms with Gasteiger partial charge in [-0.05, 0) is 101 Å². The number of hydrogen-bond acceptors (Lipinski definition) is 3. The maximum Gasteiger partial charge on any atom is 0.163 e. The molecular weight excluding hydrogens is 332 g/mol. The fraction of sp³-hybridized carbons (Fsp3) is 0.625. The number of nitrogens with one attached hydrogen (secondary N) is 1. The molecule has 0 aromatic heterocycles. The van der Waals surface area contributed by atoms with E-state index in [-0.39, 0.29) is 11.0 Å². The molecule has 4 aliphatic carbocycles. The van der Waals surface area contributed by atoms with Gasteiger partial charge in [0.15, 0.2) is 5.78 Å². The molecule has 0 atom stereocenters. The quantitative estimate of drug-likeness (QED) is 0.594. The van der Waals surface area contributed by atoms with Crippen LogP contribution in [0.2, 0.25) is 0 Å². The van der Waals surface area contributed by atoms with Crippen LogP contribution in [0.4, 0.5) is 5.69 Å². The highest BCUT2D eigenvalue weighted by atomic mass is 16.1. The zero-order valence-electron chi connectivity index (χ0n) is 16.9. The number of carbonyl (C=O) groups is 1. The highest BCUT2D eigenvalue weighted by Crippen LogP contribution is 2.60. The number of benzene rings is 1. The van der Waals surface area contributed by atoms with Gasteiger partial charge in [-0.2, -0.15) is 0 Å². The maximum absolute atomic E-state index is 13.6. The molecule has 3 nitrogen and oxygen atoms in total. The Morgan fingerprint density at radius 3 is 2.30 bits per heavy atom. The molecule has 4 bridgehead atoms. The average Bonchev–Trinajstić information content (AvgIpc) is 2.54. The van der Waals surface area contributed by atoms with Crippen LogP contribution < -0.4 is 11.1 Å². The molecule has 0 unspecified atom stereocenters. The third-order valence-electron chi connectivity index (χ3n) is 7.72. The van der Waals surface area contributed by atoms with Gasteiger partial charge in [-0.3, -0.25) is 4.79 Å². The van der Waals surface area contributed by atoms with Crippen molar-refractivity contribution in [3.63, 3.8) is 0 Å². The van der Waals surface area contributed by atoms with E-state index in [2.05, 4.69) is 38.2 Å². The summed E-state index contributed by atoms with van der Waals surface area (Å²) in [5.74, 6) is 2.74. The number of anilines is 1. The van der Waals surface area contributed by atoms with Crippen LogP contribution in [-0.4, -0.2) is 11.3 Å². The lowest BCUT2D eigenvalue weighted by molar-refractivity contribution is -0.138. The number of carbonyl (C=O) groups excluding carboxylic acids is 1. The first-order valence-electron chi connectivity index (χ1n) is 10.7. The Bertz CT molecular complexity index is 813. The van der Waals surface area contributed by atoms with Crippen LogP contribution in [0.15, 0.2) is 18.2 Å². The minimum absolute atomic E-state index is 0.0524. The van der Waals surface area contributed by atoms with Crippen molar-refractivity contribution in [3.05, 3.63) is 34.9 Å². The molecule has 6 rings (SSSR count). The van der Waals surface area contributed by atoms with E-state index in [4.69, 9.17) is 5.73 Å². The van der Waals surface area contributed by atoms with Gasteiger partial charge in [0.05, 0.1) is 0 Å². The first kappa shape index (κ1) is 17.3. The Kier molecular flexibility index (Phi) is 3.61. The summed E-state index contributed by atoms with van der Waals surface area (Å²) in [6, 6.07) is 4.27. The second kappa shape index (κ2) is 5.62. The lowest BCUT2D eigenvalue weighted by Crippen LogP contribution is -2.50. The van der Waals surface area contributed by atoms with E-state index in [0.717, 1.165) is 65.9 Å². The standard InChI is InChI=1S/C24H32N2O/c1-14-4-18-13-23(2,3)26-21(19(18)8-20(14)25)9-22(27)24-10-15-5-16(11-24)7-17(6-15)12-24/h4,8-9,15-17,26H,5-7,10-13,25H2,1-3H3. The molecule has 0 radical (unpaired) electrons. The van der Waals surface area contributed by atoms with Crippen molar-refractivity contribution >= 4 is 17.2 Å². The first-order chi connectivity index (χ1) is 12.7. The number of aryl methyl sites for hydroxylation is 1. The third kappa shape index (κ3) is 2.81. The average molecular weight is 365 g/mol. The lowest BCUT2D eigenvalue weighted by Gasteiger charge is -2.55. The molecule has 0 saturated heterocycles. The number of hydrogen-bond donors (Lipinski definition) is 2. The van der Waals surface area contributed by atoms with Crippen molar-refractivity contribution in [2.24, 2.45) is 23.2 Å². The summed E-state index contributed by atoms with van der Waals surface area (Å²) in [4.78, 5) is 13.6. The lowest BCUT2D eigenvalue weighted by atomic mass is 9.48. The smallest absolute Gasteiger partial charge is 0.163 e. The maximum atomic E-state index is 13.6. The van der Waals surface area contributed by atoms with Gasteiger partial charge in [0.2, 0.25) is 0 Å². The zero-order valence-corrected chi connectivity index (χ0v) is 16.9. The SMILES string of the molecule is Cc1cc2c(cc1N)C(=CC(=O)C13CC4CC(CC(C4)C1)C3)NC(C)(C)C2. The van der Waals surface area contributed by atoms with Gasteiger partial charge in [-0.25, -0.2) is 0 Å². The van der Waals surface area contributed by atoms with Gasteiger partial charge in [0.1, 0.15) is 0 Å². The summed E-state index contributed by atoms with van der Waals surface area (Å²) in [7, 11) is 0. The molecule has 4 fully saturated rings. The molecule has 3 N–H and O–H groups in total. The van der Waals surface area contributed by atoms with Crippen molar-refractivity contribution in [2.45, 2.75) is 71.3 Å². The van der Waals surface area contributed by atoms with Crippen molar-refractivity contribution in [1.82, 2.24) is 5.32 Å². The van der Waals surface area contributed by atoms with Crippen molar-refractivity contribution in [1.29, 1.82) is 0 Å². The predicted octanol–water partition coefficient (Wildman–Crippen LogP) is 4.63. The fourth-order valence-electron chi connectivity index (χ4n) is 6.94. The minimum atomic E-state index is -0.0819. The van der Waals surface area contributed by atoms with E-state index in [1.807, 2.05) is 6.08 Å². The molecular formula is C24H32N2O. The summed E-state index contributed by atoms with van der Waals surface area (Å²) < 4.78 is 0.